The Labute approximate surface area is 114 Å². The van der Waals surface area contributed by atoms with Crippen molar-refractivity contribution >= 4 is 12.0 Å². The van der Waals surface area contributed by atoms with Crippen LogP contribution in [0.5, 0.6) is 0 Å². The van der Waals surface area contributed by atoms with Crippen molar-refractivity contribution in [2.45, 2.75) is 26.7 Å². The molecule has 6 nitrogen and oxygen atoms in total. The van der Waals surface area contributed by atoms with Crippen LogP contribution in [0, 0.1) is 11.8 Å². The van der Waals surface area contributed by atoms with E-state index in [1.807, 2.05) is 0 Å². The lowest BCUT2D eigenvalue weighted by molar-refractivity contribution is -0.144. The molecule has 0 aliphatic carbocycles. The van der Waals surface area contributed by atoms with Crippen molar-refractivity contribution in [3.05, 3.63) is 0 Å². The van der Waals surface area contributed by atoms with E-state index in [1.165, 1.54) is 0 Å². The molecule has 1 fully saturated rings. The molecule has 19 heavy (non-hydrogen) atoms. The topological polar surface area (TPSA) is 78.9 Å². The van der Waals surface area contributed by atoms with E-state index in [0.29, 0.717) is 26.2 Å². The third kappa shape index (κ3) is 5.06. The van der Waals surface area contributed by atoms with Crippen molar-refractivity contribution in [2.75, 3.05) is 32.8 Å². The van der Waals surface area contributed by atoms with Crippen LogP contribution in [0.2, 0.25) is 0 Å². The fourth-order valence-electron chi connectivity index (χ4n) is 1.92. The van der Waals surface area contributed by atoms with Gasteiger partial charge in [0.15, 0.2) is 0 Å². The number of likely N-dealkylation sites (tertiary alicyclic amines) is 1. The maximum atomic E-state index is 11.7. The number of carboxylic acid groups (broad SMARTS) is 1. The lowest BCUT2D eigenvalue weighted by atomic mass is 9.87. The number of carbonyl (C=O) groups excluding carboxylic acids is 1. The fourth-order valence-corrected chi connectivity index (χ4v) is 1.92. The Morgan fingerprint density at radius 2 is 2.11 bits per heavy atom. The van der Waals surface area contributed by atoms with E-state index >= 15 is 0 Å². The van der Waals surface area contributed by atoms with E-state index in [4.69, 9.17) is 9.84 Å². The average Bonchev–Trinajstić information content (AvgIpc) is 2.31. The Hall–Kier alpha value is -1.30. The summed E-state index contributed by atoms with van der Waals surface area (Å²) in [6.45, 7) is 6.82. The zero-order valence-corrected chi connectivity index (χ0v) is 11.7. The second-order valence-corrected chi connectivity index (χ2v) is 4.99. The highest BCUT2D eigenvalue weighted by atomic mass is 16.5. The minimum atomic E-state index is -0.793. The minimum Gasteiger partial charge on any atom is -0.481 e. The SMILES string of the molecule is CCCOCCCNC(=O)N1CC(C(C)C(=O)O)C1. The van der Waals surface area contributed by atoms with Crippen molar-refractivity contribution in [1.29, 1.82) is 0 Å². The number of hydrogen-bond donors (Lipinski definition) is 2. The molecule has 1 unspecified atom stereocenters. The monoisotopic (exact) mass is 272 g/mol. The van der Waals surface area contributed by atoms with Gasteiger partial charge >= 0.3 is 12.0 Å². The third-order valence-corrected chi connectivity index (χ3v) is 3.38. The maximum absolute atomic E-state index is 11.7. The second-order valence-electron chi connectivity index (χ2n) is 4.99. The highest BCUT2D eigenvalue weighted by molar-refractivity contribution is 5.76. The van der Waals surface area contributed by atoms with Gasteiger partial charge in [-0.25, -0.2) is 4.79 Å². The first-order valence-corrected chi connectivity index (χ1v) is 6.89. The lowest BCUT2D eigenvalue weighted by Gasteiger charge is -2.41. The molecule has 1 heterocycles. The molecule has 1 atom stereocenters. The predicted octanol–water partition coefficient (Wildman–Crippen LogP) is 1.17. The van der Waals surface area contributed by atoms with Gasteiger partial charge in [-0.3, -0.25) is 4.79 Å². The summed E-state index contributed by atoms with van der Waals surface area (Å²) in [5, 5.41) is 11.7. The van der Waals surface area contributed by atoms with Gasteiger partial charge < -0.3 is 20.1 Å². The van der Waals surface area contributed by atoms with Crippen LogP contribution >= 0.6 is 0 Å². The molecule has 0 radical (unpaired) electrons. The van der Waals surface area contributed by atoms with Crippen LogP contribution in [-0.2, 0) is 9.53 Å². The summed E-state index contributed by atoms with van der Waals surface area (Å²) >= 11 is 0. The van der Waals surface area contributed by atoms with Crippen LogP contribution in [0.4, 0.5) is 4.79 Å². The molecular weight excluding hydrogens is 248 g/mol. The van der Waals surface area contributed by atoms with Gasteiger partial charge in [0, 0.05) is 38.8 Å². The van der Waals surface area contributed by atoms with Gasteiger partial charge in [0.05, 0.1) is 5.92 Å². The van der Waals surface area contributed by atoms with Crippen LogP contribution in [0.1, 0.15) is 26.7 Å². The molecule has 6 heteroatoms. The van der Waals surface area contributed by atoms with E-state index < -0.39 is 5.97 Å². The Morgan fingerprint density at radius 1 is 1.42 bits per heavy atom. The molecule has 0 aromatic carbocycles. The van der Waals surface area contributed by atoms with Gasteiger partial charge in [-0.05, 0) is 12.8 Å². The standard InChI is InChI=1S/C13H24N2O4/c1-3-6-19-7-4-5-14-13(18)15-8-11(9-15)10(2)12(16)17/h10-11H,3-9H2,1-2H3,(H,14,18)(H,16,17). The Balaban J connectivity index is 2.05. The number of urea groups is 1. The van der Waals surface area contributed by atoms with Gasteiger partial charge in [-0.1, -0.05) is 13.8 Å². The summed E-state index contributed by atoms with van der Waals surface area (Å²) < 4.78 is 5.31. The van der Waals surface area contributed by atoms with Gasteiger partial charge in [0.25, 0.3) is 0 Å². The summed E-state index contributed by atoms with van der Waals surface area (Å²) in [6.07, 6.45) is 1.80. The van der Waals surface area contributed by atoms with Crippen LogP contribution in [0.3, 0.4) is 0 Å². The zero-order chi connectivity index (χ0) is 14.3. The van der Waals surface area contributed by atoms with Crippen LogP contribution < -0.4 is 5.32 Å². The molecule has 0 bridgehead atoms. The minimum absolute atomic E-state index is 0.0798. The number of carbonyl (C=O) groups is 2. The van der Waals surface area contributed by atoms with Crippen molar-refractivity contribution in [3.63, 3.8) is 0 Å². The quantitative estimate of drug-likeness (QED) is 0.650. The molecule has 0 aromatic heterocycles. The molecule has 0 aromatic rings. The molecule has 1 aliphatic heterocycles. The number of nitrogens with zero attached hydrogens (tertiary/aromatic N) is 1. The first kappa shape index (κ1) is 15.8. The number of rotatable bonds is 8. The molecule has 1 saturated heterocycles. The van der Waals surface area contributed by atoms with Crippen LogP contribution in [0.25, 0.3) is 0 Å². The number of nitrogens with one attached hydrogen (secondary N) is 1. The predicted molar refractivity (Wildman–Crippen MR) is 71.0 cm³/mol. The van der Waals surface area contributed by atoms with Gasteiger partial charge in [0.1, 0.15) is 0 Å². The van der Waals surface area contributed by atoms with E-state index in [0.717, 1.165) is 19.4 Å². The highest BCUT2D eigenvalue weighted by Gasteiger charge is 2.36. The fraction of sp³-hybridized carbons (Fsp3) is 0.846. The Morgan fingerprint density at radius 3 is 2.68 bits per heavy atom. The number of aliphatic carboxylic acids is 1. The molecule has 0 spiro atoms. The normalized spacial score (nSPS) is 16.8. The molecule has 110 valence electrons. The summed E-state index contributed by atoms with van der Waals surface area (Å²) in [6, 6.07) is -0.107. The summed E-state index contributed by atoms with van der Waals surface area (Å²) in [7, 11) is 0. The summed E-state index contributed by atoms with van der Waals surface area (Å²) in [5.74, 6) is -1.10. The highest BCUT2D eigenvalue weighted by Crippen LogP contribution is 2.23. The van der Waals surface area contributed by atoms with Crippen LogP contribution in [0.15, 0.2) is 0 Å². The first-order valence-electron chi connectivity index (χ1n) is 6.89. The maximum Gasteiger partial charge on any atom is 0.317 e. The number of carboxylic acids is 1. The molecule has 2 amide bonds. The molecule has 1 aliphatic rings. The third-order valence-electron chi connectivity index (χ3n) is 3.38. The van der Waals surface area contributed by atoms with Gasteiger partial charge in [0.2, 0.25) is 0 Å². The molecular formula is C13H24N2O4. The van der Waals surface area contributed by atoms with E-state index in [-0.39, 0.29) is 17.9 Å². The van der Waals surface area contributed by atoms with Crippen molar-refractivity contribution in [2.24, 2.45) is 11.8 Å². The smallest absolute Gasteiger partial charge is 0.317 e. The van der Waals surface area contributed by atoms with E-state index in [2.05, 4.69) is 12.2 Å². The second kappa shape index (κ2) is 7.99. The molecule has 2 N–H and O–H groups in total. The molecule has 1 rings (SSSR count). The number of ether oxygens (including phenoxy) is 1. The first-order chi connectivity index (χ1) is 9.06. The summed E-state index contributed by atoms with van der Waals surface area (Å²) in [4.78, 5) is 24.1. The average molecular weight is 272 g/mol. The number of amides is 2. The van der Waals surface area contributed by atoms with Crippen molar-refractivity contribution in [1.82, 2.24) is 10.2 Å². The molecule has 0 saturated carbocycles. The number of hydrogen-bond acceptors (Lipinski definition) is 3. The Bertz CT molecular complexity index is 303. The van der Waals surface area contributed by atoms with Gasteiger partial charge in [-0.2, -0.15) is 0 Å². The Kier molecular flexibility index (Phi) is 6.62. The summed E-state index contributed by atoms with van der Waals surface area (Å²) in [5.41, 5.74) is 0. The van der Waals surface area contributed by atoms with E-state index in [9.17, 15) is 9.59 Å². The lowest BCUT2D eigenvalue weighted by Crippen LogP contribution is -2.56. The van der Waals surface area contributed by atoms with Crippen LogP contribution in [-0.4, -0.2) is 54.9 Å². The van der Waals surface area contributed by atoms with Crippen molar-refractivity contribution in [3.8, 4) is 0 Å². The largest absolute Gasteiger partial charge is 0.481 e. The van der Waals surface area contributed by atoms with Crippen molar-refractivity contribution < 1.29 is 19.4 Å². The van der Waals surface area contributed by atoms with E-state index in [1.54, 1.807) is 11.8 Å². The zero-order valence-electron chi connectivity index (χ0n) is 11.7. The van der Waals surface area contributed by atoms with Gasteiger partial charge in [-0.15, -0.1) is 0 Å².